The van der Waals surface area contributed by atoms with Crippen molar-refractivity contribution in [2.24, 2.45) is 0 Å². The number of fused-ring (bicyclic) bond motifs is 3. The van der Waals surface area contributed by atoms with Crippen LogP contribution >= 0.6 is 0 Å². The summed E-state index contributed by atoms with van der Waals surface area (Å²) in [7, 11) is 1.71. The molecule has 0 radical (unpaired) electrons. The highest BCUT2D eigenvalue weighted by molar-refractivity contribution is 5.98. The van der Waals surface area contributed by atoms with Crippen molar-refractivity contribution >= 4 is 10.9 Å². The molecule has 0 aliphatic carbocycles. The molecule has 5 heteroatoms. The monoisotopic (exact) mass is 423 g/mol. The summed E-state index contributed by atoms with van der Waals surface area (Å²) in [5.74, 6) is 1.70. The number of hydrogen-bond acceptors (Lipinski definition) is 4. The molecule has 3 aromatic carbocycles. The molecule has 2 aliphatic rings. The van der Waals surface area contributed by atoms with E-state index in [9.17, 15) is 0 Å². The predicted octanol–water partition coefficient (Wildman–Crippen LogP) is 5.97. The van der Waals surface area contributed by atoms with Gasteiger partial charge >= 0.3 is 0 Å². The van der Waals surface area contributed by atoms with E-state index < -0.39 is 0 Å². The molecular weight excluding hydrogens is 398 g/mol. The van der Waals surface area contributed by atoms with Gasteiger partial charge in [0.05, 0.1) is 25.8 Å². The Balaban J connectivity index is 1.73. The second-order valence-corrected chi connectivity index (χ2v) is 7.86. The Morgan fingerprint density at radius 1 is 0.906 bits per heavy atom. The summed E-state index contributed by atoms with van der Waals surface area (Å²) in [6, 6.07) is 22.7. The normalized spacial score (nSPS) is 11.2. The molecule has 0 saturated heterocycles. The summed E-state index contributed by atoms with van der Waals surface area (Å²) in [5.41, 5.74) is 7.25. The first-order valence-corrected chi connectivity index (χ1v) is 10.8. The quantitative estimate of drug-likeness (QED) is 0.338. The van der Waals surface area contributed by atoms with Crippen LogP contribution in [0.1, 0.15) is 18.1 Å². The van der Waals surface area contributed by atoms with Gasteiger partial charge in [0.2, 0.25) is 0 Å². The third-order valence-electron chi connectivity index (χ3n) is 5.75. The average molecular weight is 424 g/mol. The highest BCUT2D eigenvalue weighted by Gasteiger charge is 2.21. The first-order valence-electron chi connectivity index (χ1n) is 10.8. The summed E-state index contributed by atoms with van der Waals surface area (Å²) in [5, 5.41) is 10.2. The van der Waals surface area contributed by atoms with Crippen LogP contribution < -0.4 is 9.47 Å². The Morgan fingerprint density at radius 3 is 2.47 bits per heavy atom. The van der Waals surface area contributed by atoms with E-state index in [-0.39, 0.29) is 0 Å². The van der Waals surface area contributed by atoms with E-state index in [1.54, 1.807) is 7.11 Å². The van der Waals surface area contributed by atoms with Gasteiger partial charge in [-0.2, -0.15) is 0 Å². The predicted molar refractivity (Wildman–Crippen MR) is 128 cm³/mol. The van der Waals surface area contributed by atoms with Crippen LogP contribution in [-0.4, -0.2) is 28.5 Å². The number of aromatic nitrogens is 3. The maximum Gasteiger partial charge on any atom is 0.123 e. The highest BCUT2D eigenvalue weighted by Crippen LogP contribution is 2.38. The van der Waals surface area contributed by atoms with Gasteiger partial charge in [-0.3, -0.25) is 0 Å². The molecule has 5 nitrogen and oxygen atoms in total. The SMILES string of the molecule is CCOc1ccc2c(c1)c1nnc(-c3ccc(C)cc3)c-1cn2Cc1ccccc1OC. The van der Waals surface area contributed by atoms with E-state index >= 15 is 0 Å². The third-order valence-corrected chi connectivity index (χ3v) is 5.75. The Hall–Kier alpha value is -3.86. The van der Waals surface area contributed by atoms with Gasteiger partial charge in [-0.1, -0.05) is 48.0 Å². The molecule has 0 unspecified atom stereocenters. The molecule has 0 spiro atoms. The fourth-order valence-electron chi connectivity index (χ4n) is 4.15. The molecule has 0 amide bonds. The van der Waals surface area contributed by atoms with Gasteiger partial charge in [0.15, 0.2) is 0 Å². The molecule has 0 saturated carbocycles. The minimum atomic E-state index is 0.615. The second-order valence-electron chi connectivity index (χ2n) is 7.86. The minimum absolute atomic E-state index is 0.615. The molecule has 2 heterocycles. The highest BCUT2D eigenvalue weighted by atomic mass is 16.5. The molecule has 160 valence electrons. The topological polar surface area (TPSA) is 49.2 Å². The number of methoxy groups -OCH3 is 1. The average Bonchev–Trinajstić information content (AvgIpc) is 3.24. The molecule has 5 rings (SSSR count). The van der Waals surface area contributed by atoms with Crippen LogP contribution in [0.15, 0.2) is 72.9 Å². The van der Waals surface area contributed by atoms with Crippen molar-refractivity contribution in [3.05, 3.63) is 84.1 Å². The van der Waals surface area contributed by atoms with E-state index in [0.717, 1.165) is 50.5 Å². The number of aryl methyl sites for hydroxylation is 1. The van der Waals surface area contributed by atoms with Crippen LogP contribution in [0.25, 0.3) is 33.4 Å². The maximum absolute atomic E-state index is 5.78. The maximum atomic E-state index is 5.78. The molecule has 3 aromatic rings. The minimum Gasteiger partial charge on any atom is -0.496 e. The van der Waals surface area contributed by atoms with Crippen molar-refractivity contribution in [3.8, 4) is 34.0 Å². The molecule has 32 heavy (non-hydrogen) atoms. The molecule has 0 fully saturated rings. The van der Waals surface area contributed by atoms with Gasteiger partial charge in [-0.15, -0.1) is 10.2 Å². The van der Waals surface area contributed by atoms with Gasteiger partial charge in [-0.05, 0) is 38.1 Å². The van der Waals surface area contributed by atoms with Crippen molar-refractivity contribution in [1.29, 1.82) is 0 Å². The lowest BCUT2D eigenvalue weighted by molar-refractivity contribution is 0.340. The smallest absolute Gasteiger partial charge is 0.123 e. The van der Waals surface area contributed by atoms with Gasteiger partial charge in [0, 0.05) is 28.3 Å². The van der Waals surface area contributed by atoms with Crippen LogP contribution in [0.2, 0.25) is 0 Å². The summed E-state index contributed by atoms with van der Waals surface area (Å²) in [6.45, 7) is 5.36. The lowest BCUT2D eigenvalue weighted by Gasteiger charge is -2.17. The molecule has 0 N–H and O–H groups in total. The Bertz CT molecular complexity index is 1360. The van der Waals surface area contributed by atoms with E-state index in [2.05, 4.69) is 70.3 Å². The van der Waals surface area contributed by atoms with Gasteiger partial charge in [0.1, 0.15) is 22.9 Å². The van der Waals surface area contributed by atoms with Gasteiger partial charge in [-0.25, -0.2) is 0 Å². The van der Waals surface area contributed by atoms with Crippen molar-refractivity contribution in [1.82, 2.24) is 14.8 Å². The summed E-state index contributed by atoms with van der Waals surface area (Å²) >= 11 is 0. The van der Waals surface area contributed by atoms with Crippen LogP contribution in [0, 0.1) is 6.92 Å². The third kappa shape index (κ3) is 3.56. The van der Waals surface area contributed by atoms with E-state index in [1.165, 1.54) is 5.56 Å². The number of benzene rings is 3. The van der Waals surface area contributed by atoms with Crippen molar-refractivity contribution in [2.45, 2.75) is 20.4 Å². The summed E-state index contributed by atoms with van der Waals surface area (Å²) < 4.78 is 13.6. The molecule has 2 aliphatic heterocycles. The molecule has 0 atom stereocenters. The number of pyridine rings is 1. The second kappa shape index (κ2) is 8.35. The lowest BCUT2D eigenvalue weighted by atomic mass is 10.0. The number of nitrogens with zero attached hydrogens (tertiary/aromatic N) is 3. The zero-order chi connectivity index (χ0) is 22.1. The van der Waals surface area contributed by atoms with Crippen LogP contribution in [-0.2, 0) is 6.54 Å². The van der Waals surface area contributed by atoms with Crippen LogP contribution in [0.5, 0.6) is 11.5 Å². The summed E-state index contributed by atoms with van der Waals surface area (Å²) in [6.07, 6.45) is 2.15. The van der Waals surface area contributed by atoms with Crippen molar-refractivity contribution < 1.29 is 9.47 Å². The van der Waals surface area contributed by atoms with Crippen molar-refractivity contribution in [2.75, 3.05) is 13.7 Å². The molecular formula is C27H25N3O2. The first kappa shape index (κ1) is 20.1. The zero-order valence-electron chi connectivity index (χ0n) is 18.5. The number of rotatable bonds is 6. The fraction of sp³-hybridized carbons (Fsp3) is 0.185. The first-order chi connectivity index (χ1) is 15.7. The Morgan fingerprint density at radius 2 is 1.69 bits per heavy atom. The standard InChI is InChI=1S/C27H25N3O2/c1-4-32-21-13-14-24-22(15-21)27-23(26(28-29-27)19-11-9-18(2)10-12-19)17-30(24)16-20-7-5-6-8-25(20)31-3/h5-15,17H,4,16H2,1-3H3. The number of ether oxygens (including phenoxy) is 2. The van der Waals surface area contributed by atoms with Gasteiger partial charge < -0.3 is 14.0 Å². The van der Waals surface area contributed by atoms with Gasteiger partial charge in [0.25, 0.3) is 0 Å². The van der Waals surface area contributed by atoms with E-state index in [0.29, 0.717) is 13.2 Å². The summed E-state index contributed by atoms with van der Waals surface area (Å²) in [4.78, 5) is 0. The molecule has 0 bridgehead atoms. The Kier molecular flexibility index (Phi) is 5.23. The van der Waals surface area contributed by atoms with E-state index in [1.807, 2.05) is 31.2 Å². The largest absolute Gasteiger partial charge is 0.496 e. The number of para-hydroxylation sites is 1. The zero-order valence-corrected chi connectivity index (χ0v) is 18.5. The van der Waals surface area contributed by atoms with Crippen LogP contribution in [0.4, 0.5) is 0 Å². The lowest BCUT2D eigenvalue weighted by Crippen LogP contribution is -2.05. The van der Waals surface area contributed by atoms with Crippen LogP contribution in [0.3, 0.4) is 0 Å². The fourth-order valence-corrected chi connectivity index (χ4v) is 4.15. The molecule has 0 aromatic heterocycles. The Labute approximate surface area is 187 Å². The van der Waals surface area contributed by atoms with E-state index in [4.69, 9.17) is 9.47 Å². The number of hydrogen-bond donors (Lipinski definition) is 0. The van der Waals surface area contributed by atoms with Crippen molar-refractivity contribution in [3.63, 3.8) is 0 Å².